The summed E-state index contributed by atoms with van der Waals surface area (Å²) in [7, 11) is 1.56. The molecule has 4 amide bonds. The van der Waals surface area contributed by atoms with Crippen molar-refractivity contribution in [2.45, 2.75) is 25.3 Å². The van der Waals surface area contributed by atoms with Gasteiger partial charge in [0, 0.05) is 38.1 Å². The van der Waals surface area contributed by atoms with E-state index >= 15 is 0 Å². The Kier molecular flexibility index (Phi) is 6.32. The Hall–Kier alpha value is -3.52. The number of hydrogen-bond donors (Lipinski definition) is 1. The Balaban J connectivity index is 1.50. The number of methoxy groups -OCH3 is 1. The predicted molar refractivity (Wildman–Crippen MR) is 117 cm³/mol. The van der Waals surface area contributed by atoms with Crippen LogP contribution in [0.2, 0.25) is 0 Å². The first-order valence-corrected chi connectivity index (χ1v) is 10.7. The lowest BCUT2D eigenvalue weighted by molar-refractivity contribution is -0.119. The molecule has 1 atom stereocenters. The molecular weight excluding hydrogens is 410 g/mol. The van der Waals surface area contributed by atoms with E-state index in [0.717, 1.165) is 0 Å². The summed E-state index contributed by atoms with van der Waals surface area (Å²) in [5, 5.41) is 2.86. The van der Waals surface area contributed by atoms with Gasteiger partial charge in [0.2, 0.25) is 5.91 Å². The van der Waals surface area contributed by atoms with Crippen molar-refractivity contribution < 1.29 is 23.9 Å². The lowest BCUT2D eigenvalue weighted by atomic mass is 10.0. The number of rotatable bonds is 7. The number of carbonyl (C=O) groups is 4. The van der Waals surface area contributed by atoms with Crippen LogP contribution in [0.1, 0.15) is 50.3 Å². The van der Waals surface area contributed by atoms with Crippen LogP contribution in [0.5, 0.6) is 0 Å². The SMILES string of the molecule is COCCCN1C(=O)c2ccc(C(=O)N3CCC[C@@H]3C(=O)Nc3ccccc3)cc2C1=O. The van der Waals surface area contributed by atoms with Gasteiger partial charge in [0.05, 0.1) is 11.1 Å². The smallest absolute Gasteiger partial charge is 0.261 e. The van der Waals surface area contributed by atoms with Gasteiger partial charge < -0.3 is 15.0 Å². The normalized spacial score (nSPS) is 17.6. The van der Waals surface area contributed by atoms with Crippen LogP contribution < -0.4 is 5.32 Å². The Morgan fingerprint density at radius 2 is 1.81 bits per heavy atom. The maximum atomic E-state index is 13.2. The number of para-hydroxylation sites is 1. The molecule has 0 aromatic heterocycles. The lowest BCUT2D eigenvalue weighted by Gasteiger charge is -2.24. The minimum atomic E-state index is -0.584. The summed E-state index contributed by atoms with van der Waals surface area (Å²) in [5.41, 5.74) is 1.49. The molecule has 32 heavy (non-hydrogen) atoms. The average Bonchev–Trinajstić information content (AvgIpc) is 3.39. The molecule has 0 aliphatic carbocycles. The molecule has 4 rings (SSSR count). The van der Waals surface area contributed by atoms with Crippen LogP contribution in [0, 0.1) is 0 Å². The fraction of sp³-hybridized carbons (Fsp3) is 0.333. The molecule has 0 unspecified atom stereocenters. The van der Waals surface area contributed by atoms with E-state index in [1.54, 1.807) is 25.3 Å². The number of carbonyl (C=O) groups excluding carboxylic acids is 4. The Bertz CT molecular complexity index is 1050. The molecular formula is C24H25N3O5. The number of nitrogens with zero attached hydrogens (tertiary/aromatic N) is 2. The van der Waals surface area contributed by atoms with Crippen molar-refractivity contribution in [3.63, 3.8) is 0 Å². The molecule has 1 N–H and O–H groups in total. The summed E-state index contributed by atoms with van der Waals surface area (Å²) >= 11 is 0. The largest absolute Gasteiger partial charge is 0.385 e. The number of anilines is 1. The molecule has 0 spiro atoms. The minimum Gasteiger partial charge on any atom is -0.385 e. The molecule has 8 nitrogen and oxygen atoms in total. The highest BCUT2D eigenvalue weighted by Crippen LogP contribution is 2.27. The van der Waals surface area contributed by atoms with Gasteiger partial charge in [-0.2, -0.15) is 0 Å². The standard InChI is InChI=1S/C24H25N3O5/c1-32-14-6-13-27-23(30)18-11-10-16(15-19(18)24(27)31)22(29)26-12-5-9-20(26)21(28)25-17-7-3-2-4-8-17/h2-4,7-8,10-11,15,20H,5-6,9,12-14H2,1H3,(H,25,28)/t20-/m1/s1. The maximum Gasteiger partial charge on any atom is 0.261 e. The van der Waals surface area contributed by atoms with Gasteiger partial charge in [-0.05, 0) is 49.6 Å². The van der Waals surface area contributed by atoms with Crippen LogP contribution in [0.15, 0.2) is 48.5 Å². The van der Waals surface area contributed by atoms with Crippen molar-refractivity contribution in [3.8, 4) is 0 Å². The Labute approximate surface area is 186 Å². The van der Waals surface area contributed by atoms with E-state index < -0.39 is 11.9 Å². The van der Waals surface area contributed by atoms with Crippen molar-refractivity contribution in [1.82, 2.24) is 9.80 Å². The zero-order chi connectivity index (χ0) is 22.7. The second-order valence-electron chi connectivity index (χ2n) is 7.88. The van der Waals surface area contributed by atoms with Crippen LogP contribution in [0.25, 0.3) is 0 Å². The fourth-order valence-electron chi connectivity index (χ4n) is 4.19. The fourth-order valence-corrected chi connectivity index (χ4v) is 4.19. The molecule has 0 radical (unpaired) electrons. The van der Waals surface area contributed by atoms with E-state index in [-0.39, 0.29) is 29.8 Å². The number of likely N-dealkylation sites (tertiary alicyclic amines) is 1. The molecule has 2 heterocycles. The third-order valence-electron chi connectivity index (χ3n) is 5.81. The predicted octanol–water partition coefficient (Wildman–Crippen LogP) is 2.56. The maximum absolute atomic E-state index is 13.2. The molecule has 8 heteroatoms. The highest BCUT2D eigenvalue weighted by molar-refractivity contribution is 6.22. The first-order valence-electron chi connectivity index (χ1n) is 10.7. The second-order valence-corrected chi connectivity index (χ2v) is 7.88. The third-order valence-corrected chi connectivity index (χ3v) is 5.81. The minimum absolute atomic E-state index is 0.225. The summed E-state index contributed by atoms with van der Waals surface area (Å²) in [6.45, 7) is 1.16. The first-order chi connectivity index (χ1) is 15.5. The van der Waals surface area contributed by atoms with Crippen molar-refractivity contribution in [2.24, 2.45) is 0 Å². The number of ether oxygens (including phenoxy) is 1. The van der Waals surface area contributed by atoms with Crippen molar-refractivity contribution in [3.05, 3.63) is 65.2 Å². The molecule has 1 saturated heterocycles. The van der Waals surface area contributed by atoms with Gasteiger partial charge in [-0.15, -0.1) is 0 Å². The topological polar surface area (TPSA) is 96.0 Å². The molecule has 2 aliphatic heterocycles. The van der Waals surface area contributed by atoms with Gasteiger partial charge in [-0.25, -0.2) is 0 Å². The van der Waals surface area contributed by atoms with Crippen molar-refractivity contribution >= 4 is 29.3 Å². The summed E-state index contributed by atoms with van der Waals surface area (Å²) < 4.78 is 4.99. The first kappa shape index (κ1) is 21.7. The molecule has 166 valence electrons. The molecule has 2 aromatic carbocycles. The quantitative estimate of drug-likeness (QED) is 0.533. The third kappa shape index (κ3) is 4.13. The summed E-state index contributed by atoms with van der Waals surface area (Å²) in [4.78, 5) is 54.0. The summed E-state index contributed by atoms with van der Waals surface area (Å²) in [6, 6.07) is 13.1. The summed E-state index contributed by atoms with van der Waals surface area (Å²) in [6.07, 6.45) is 1.83. The van der Waals surface area contributed by atoms with Gasteiger partial charge in [-0.1, -0.05) is 18.2 Å². The number of amides is 4. The number of imide groups is 1. The van der Waals surface area contributed by atoms with Crippen molar-refractivity contribution in [1.29, 1.82) is 0 Å². The van der Waals surface area contributed by atoms with Gasteiger partial charge in [-0.3, -0.25) is 24.1 Å². The monoisotopic (exact) mass is 435 g/mol. The van der Waals surface area contributed by atoms with Crippen LogP contribution in [0.4, 0.5) is 5.69 Å². The van der Waals surface area contributed by atoms with E-state index in [0.29, 0.717) is 49.2 Å². The molecule has 2 aliphatic rings. The highest BCUT2D eigenvalue weighted by Gasteiger charge is 2.38. The van der Waals surface area contributed by atoms with Gasteiger partial charge >= 0.3 is 0 Å². The number of fused-ring (bicyclic) bond motifs is 1. The number of hydrogen-bond acceptors (Lipinski definition) is 5. The van der Waals surface area contributed by atoms with Crippen LogP contribution in [-0.2, 0) is 9.53 Å². The van der Waals surface area contributed by atoms with E-state index in [4.69, 9.17) is 4.74 Å². The van der Waals surface area contributed by atoms with Crippen LogP contribution >= 0.6 is 0 Å². The molecule has 0 saturated carbocycles. The van der Waals surface area contributed by atoms with Gasteiger partial charge in [0.25, 0.3) is 17.7 Å². The van der Waals surface area contributed by atoms with Crippen LogP contribution in [0.3, 0.4) is 0 Å². The van der Waals surface area contributed by atoms with E-state index in [2.05, 4.69) is 5.32 Å². The molecule has 1 fully saturated rings. The van der Waals surface area contributed by atoms with E-state index in [1.165, 1.54) is 21.9 Å². The lowest BCUT2D eigenvalue weighted by Crippen LogP contribution is -2.43. The summed E-state index contributed by atoms with van der Waals surface area (Å²) in [5.74, 6) is -1.33. The van der Waals surface area contributed by atoms with Crippen molar-refractivity contribution in [2.75, 3.05) is 32.1 Å². The van der Waals surface area contributed by atoms with E-state index in [1.807, 2.05) is 18.2 Å². The van der Waals surface area contributed by atoms with E-state index in [9.17, 15) is 19.2 Å². The number of nitrogens with one attached hydrogen (secondary N) is 1. The number of benzene rings is 2. The zero-order valence-corrected chi connectivity index (χ0v) is 17.9. The zero-order valence-electron chi connectivity index (χ0n) is 17.9. The second kappa shape index (κ2) is 9.32. The molecule has 0 bridgehead atoms. The highest BCUT2D eigenvalue weighted by atomic mass is 16.5. The van der Waals surface area contributed by atoms with Gasteiger partial charge in [0.1, 0.15) is 6.04 Å². The molecule has 2 aromatic rings. The Morgan fingerprint density at radius 3 is 2.56 bits per heavy atom. The Morgan fingerprint density at radius 1 is 1.06 bits per heavy atom. The average molecular weight is 435 g/mol. The van der Waals surface area contributed by atoms with Gasteiger partial charge in [0.15, 0.2) is 0 Å². The van der Waals surface area contributed by atoms with Crippen LogP contribution in [-0.4, -0.2) is 66.3 Å².